The molecule has 0 unspecified atom stereocenters. The topological polar surface area (TPSA) is 61.4 Å². The molecule has 0 atom stereocenters. The van der Waals surface area contributed by atoms with Crippen molar-refractivity contribution in [2.45, 2.75) is 19.8 Å². The van der Waals surface area contributed by atoms with Crippen molar-refractivity contribution in [1.82, 2.24) is 9.62 Å². The lowest BCUT2D eigenvalue weighted by Crippen LogP contribution is -2.34. The van der Waals surface area contributed by atoms with Crippen LogP contribution in [0, 0.1) is 5.82 Å². The molecule has 21 heavy (non-hydrogen) atoms. The highest BCUT2D eigenvalue weighted by atomic mass is 79.9. The van der Waals surface area contributed by atoms with Gasteiger partial charge in [-0.25, -0.2) is 4.39 Å². The summed E-state index contributed by atoms with van der Waals surface area (Å²) in [6.45, 7) is 4.10. The minimum Gasteiger partial charge on any atom is -0.317 e. The monoisotopic (exact) mass is 381 g/mol. The van der Waals surface area contributed by atoms with E-state index >= 15 is 0 Å². The Morgan fingerprint density at radius 1 is 1.33 bits per heavy atom. The van der Waals surface area contributed by atoms with E-state index in [1.165, 1.54) is 29.6 Å². The summed E-state index contributed by atoms with van der Waals surface area (Å²) in [7, 11) is -2.28. The number of halogens is 2. The molecule has 0 aromatic heterocycles. The van der Waals surface area contributed by atoms with E-state index in [1.807, 2.05) is 0 Å². The molecule has 5 nitrogen and oxygen atoms in total. The first-order valence-corrected chi connectivity index (χ1v) is 9.00. The first kappa shape index (κ1) is 18.3. The number of benzene rings is 1. The van der Waals surface area contributed by atoms with E-state index in [2.05, 4.69) is 32.9 Å². The van der Waals surface area contributed by atoms with Crippen LogP contribution in [-0.4, -0.2) is 39.4 Å². The second kappa shape index (κ2) is 8.67. The van der Waals surface area contributed by atoms with Crippen LogP contribution in [0.3, 0.4) is 0 Å². The predicted octanol–water partition coefficient (Wildman–Crippen LogP) is 2.57. The van der Waals surface area contributed by atoms with E-state index in [-0.39, 0.29) is 5.69 Å². The standard InChI is InChI=1S/C13H21BrFN3O2S/c1-3-7-16-8-4-9-18(2)21(19,20)17-13-10-11(14)5-6-12(13)15/h5-6,10,16-17H,3-4,7-9H2,1-2H3. The lowest BCUT2D eigenvalue weighted by Gasteiger charge is -2.18. The average Bonchev–Trinajstić information content (AvgIpc) is 2.42. The second-order valence-electron chi connectivity index (χ2n) is 4.66. The summed E-state index contributed by atoms with van der Waals surface area (Å²) < 4.78 is 41.8. The minimum atomic E-state index is -3.75. The zero-order chi connectivity index (χ0) is 15.9. The highest BCUT2D eigenvalue weighted by Crippen LogP contribution is 2.21. The van der Waals surface area contributed by atoms with E-state index < -0.39 is 16.0 Å². The van der Waals surface area contributed by atoms with Gasteiger partial charge in [-0.1, -0.05) is 22.9 Å². The number of hydrogen-bond donors (Lipinski definition) is 2. The van der Waals surface area contributed by atoms with Gasteiger partial charge in [-0.3, -0.25) is 4.72 Å². The highest BCUT2D eigenvalue weighted by molar-refractivity contribution is 9.10. The van der Waals surface area contributed by atoms with Gasteiger partial charge < -0.3 is 5.32 Å². The smallest absolute Gasteiger partial charge is 0.301 e. The summed E-state index contributed by atoms with van der Waals surface area (Å²) in [4.78, 5) is 0. The first-order chi connectivity index (χ1) is 9.86. The van der Waals surface area contributed by atoms with Crippen molar-refractivity contribution < 1.29 is 12.8 Å². The highest BCUT2D eigenvalue weighted by Gasteiger charge is 2.18. The van der Waals surface area contributed by atoms with Crippen LogP contribution in [0.4, 0.5) is 10.1 Å². The Bertz CT molecular complexity index is 554. The molecule has 0 aliphatic rings. The first-order valence-electron chi connectivity index (χ1n) is 6.76. The molecule has 0 bridgehead atoms. The zero-order valence-electron chi connectivity index (χ0n) is 12.2. The molecule has 0 heterocycles. The van der Waals surface area contributed by atoms with Gasteiger partial charge in [0.1, 0.15) is 5.82 Å². The summed E-state index contributed by atoms with van der Waals surface area (Å²) in [5.41, 5.74) is -0.0691. The molecule has 0 fully saturated rings. The number of nitrogens with one attached hydrogen (secondary N) is 2. The number of hydrogen-bond acceptors (Lipinski definition) is 3. The molecule has 1 rings (SSSR count). The molecule has 0 aliphatic carbocycles. The normalized spacial score (nSPS) is 11.9. The quantitative estimate of drug-likeness (QED) is 0.646. The van der Waals surface area contributed by atoms with Crippen molar-refractivity contribution >= 4 is 31.8 Å². The van der Waals surface area contributed by atoms with Crippen molar-refractivity contribution in [1.29, 1.82) is 0 Å². The summed E-state index contributed by atoms with van der Waals surface area (Å²) in [5.74, 6) is -0.611. The fourth-order valence-corrected chi connectivity index (χ4v) is 2.96. The molecular formula is C13H21BrFN3O2S. The Labute approximate surface area is 134 Å². The van der Waals surface area contributed by atoms with Gasteiger partial charge in [0.2, 0.25) is 0 Å². The number of nitrogens with zero attached hydrogens (tertiary/aromatic N) is 1. The molecule has 0 spiro atoms. The molecule has 8 heteroatoms. The van der Waals surface area contributed by atoms with Gasteiger partial charge >= 0.3 is 10.2 Å². The minimum absolute atomic E-state index is 0.0691. The Balaban J connectivity index is 2.57. The number of anilines is 1. The summed E-state index contributed by atoms with van der Waals surface area (Å²) >= 11 is 3.18. The van der Waals surface area contributed by atoms with Crippen molar-refractivity contribution in [3.8, 4) is 0 Å². The zero-order valence-corrected chi connectivity index (χ0v) is 14.6. The molecular weight excluding hydrogens is 361 g/mol. The van der Waals surface area contributed by atoms with Gasteiger partial charge in [0.05, 0.1) is 5.69 Å². The number of rotatable bonds is 9. The summed E-state index contributed by atoms with van der Waals surface area (Å²) in [5, 5.41) is 3.20. The molecule has 0 amide bonds. The maximum atomic E-state index is 13.6. The Hall–Kier alpha value is -0.700. The molecule has 2 N–H and O–H groups in total. The van der Waals surface area contributed by atoms with E-state index in [1.54, 1.807) is 0 Å². The van der Waals surface area contributed by atoms with E-state index in [0.717, 1.165) is 19.5 Å². The van der Waals surface area contributed by atoms with Crippen LogP contribution in [-0.2, 0) is 10.2 Å². The van der Waals surface area contributed by atoms with Gasteiger partial charge in [-0.05, 0) is 44.1 Å². The summed E-state index contributed by atoms with van der Waals surface area (Å²) in [6.07, 6.45) is 1.73. The summed E-state index contributed by atoms with van der Waals surface area (Å²) in [6, 6.07) is 4.11. The van der Waals surface area contributed by atoms with Gasteiger partial charge in [0, 0.05) is 18.1 Å². The fourth-order valence-electron chi connectivity index (χ4n) is 1.64. The van der Waals surface area contributed by atoms with Crippen LogP contribution in [0.25, 0.3) is 0 Å². The molecule has 0 aliphatic heterocycles. The molecule has 0 saturated heterocycles. The van der Waals surface area contributed by atoms with Gasteiger partial charge in [0.25, 0.3) is 0 Å². The van der Waals surface area contributed by atoms with E-state index in [9.17, 15) is 12.8 Å². The third-order valence-electron chi connectivity index (χ3n) is 2.83. The van der Waals surface area contributed by atoms with Crippen molar-refractivity contribution in [2.75, 3.05) is 31.4 Å². The van der Waals surface area contributed by atoms with E-state index in [4.69, 9.17) is 0 Å². The van der Waals surface area contributed by atoms with Crippen LogP contribution in [0.5, 0.6) is 0 Å². The molecule has 1 aromatic carbocycles. The van der Waals surface area contributed by atoms with Gasteiger partial charge in [-0.2, -0.15) is 12.7 Å². The Morgan fingerprint density at radius 2 is 2.05 bits per heavy atom. The molecule has 120 valence electrons. The third-order valence-corrected chi connectivity index (χ3v) is 4.81. The lowest BCUT2D eigenvalue weighted by atomic mass is 10.3. The van der Waals surface area contributed by atoms with Crippen molar-refractivity contribution in [3.63, 3.8) is 0 Å². The Kier molecular flexibility index (Phi) is 7.58. The molecule has 0 saturated carbocycles. The maximum Gasteiger partial charge on any atom is 0.301 e. The van der Waals surface area contributed by atoms with Gasteiger partial charge in [0.15, 0.2) is 0 Å². The molecule has 0 radical (unpaired) electrons. The van der Waals surface area contributed by atoms with Crippen LogP contribution in [0.2, 0.25) is 0 Å². The predicted molar refractivity (Wildman–Crippen MR) is 87.1 cm³/mol. The van der Waals surface area contributed by atoms with Crippen LogP contribution in [0.15, 0.2) is 22.7 Å². The van der Waals surface area contributed by atoms with Crippen LogP contribution >= 0.6 is 15.9 Å². The van der Waals surface area contributed by atoms with Crippen LogP contribution < -0.4 is 10.0 Å². The SMILES string of the molecule is CCCNCCCN(C)S(=O)(=O)Nc1cc(Br)ccc1F. The van der Waals surface area contributed by atoms with Crippen LogP contribution in [0.1, 0.15) is 19.8 Å². The lowest BCUT2D eigenvalue weighted by molar-refractivity contribution is 0.458. The molecule has 1 aromatic rings. The fraction of sp³-hybridized carbons (Fsp3) is 0.538. The maximum absolute atomic E-state index is 13.6. The average molecular weight is 382 g/mol. The Morgan fingerprint density at radius 3 is 2.71 bits per heavy atom. The van der Waals surface area contributed by atoms with E-state index in [0.29, 0.717) is 17.4 Å². The van der Waals surface area contributed by atoms with Crippen molar-refractivity contribution in [3.05, 3.63) is 28.5 Å². The van der Waals surface area contributed by atoms with Crippen molar-refractivity contribution in [2.24, 2.45) is 0 Å². The van der Waals surface area contributed by atoms with Gasteiger partial charge in [-0.15, -0.1) is 0 Å². The largest absolute Gasteiger partial charge is 0.317 e. The second-order valence-corrected chi connectivity index (χ2v) is 7.35. The third kappa shape index (κ3) is 6.29.